The van der Waals surface area contributed by atoms with E-state index >= 15 is 0 Å². The van der Waals surface area contributed by atoms with Crippen LogP contribution in [-0.4, -0.2) is 42.2 Å². The number of rotatable bonds is 5. The number of nitrogens with zero attached hydrogens (tertiary/aromatic N) is 7. The normalized spacial score (nSPS) is 14.2. The second-order valence-electron chi connectivity index (χ2n) is 7.49. The maximum Gasteiger partial charge on any atom is 0.234 e. The Morgan fingerprint density at radius 2 is 1.87 bits per heavy atom. The van der Waals surface area contributed by atoms with Crippen LogP contribution in [0.1, 0.15) is 29.9 Å². The van der Waals surface area contributed by atoms with Gasteiger partial charge in [0.05, 0.1) is 16.4 Å². The number of imidazole rings is 1. The number of thioether (sulfide) groups is 1. The molecular formula is C21H22ClN7S. The number of para-hydroxylation sites is 1. The van der Waals surface area contributed by atoms with Crippen molar-refractivity contribution in [2.24, 2.45) is 0 Å². The largest absolute Gasteiger partial charge is 0.341 e. The minimum Gasteiger partial charge on any atom is -0.341 e. The standard InChI is InChI=1S/C21H22ClN7S/c1-14-11-15(2)28-12-16(24-19(28)23-14)13-30-21-26-25-20(27-9-5-6-10-27)29(21)18-8-4-3-7-17(18)22/h3-4,7-8,11-12H,5-6,9-10,13H2,1-2H3. The van der Waals surface area contributed by atoms with Crippen LogP contribution in [0.3, 0.4) is 0 Å². The fourth-order valence-electron chi connectivity index (χ4n) is 3.85. The van der Waals surface area contributed by atoms with E-state index in [2.05, 4.69) is 37.6 Å². The van der Waals surface area contributed by atoms with Crippen LogP contribution in [0.5, 0.6) is 0 Å². The SMILES string of the molecule is Cc1cc(C)n2cc(CSc3nnc(N4CCCC4)n3-c3ccccc3Cl)nc2n1. The monoisotopic (exact) mass is 439 g/mol. The molecule has 0 amide bonds. The van der Waals surface area contributed by atoms with Gasteiger partial charge in [-0.05, 0) is 44.9 Å². The predicted molar refractivity (Wildman–Crippen MR) is 120 cm³/mol. The smallest absolute Gasteiger partial charge is 0.234 e. The molecule has 0 spiro atoms. The topological polar surface area (TPSA) is 64.1 Å². The van der Waals surface area contributed by atoms with Gasteiger partial charge in [0, 0.05) is 36.4 Å². The molecule has 5 rings (SSSR count). The number of benzene rings is 1. The lowest BCUT2D eigenvalue weighted by Gasteiger charge is -2.19. The van der Waals surface area contributed by atoms with Gasteiger partial charge in [0.25, 0.3) is 0 Å². The molecule has 0 N–H and O–H groups in total. The number of hydrogen-bond donors (Lipinski definition) is 0. The van der Waals surface area contributed by atoms with Gasteiger partial charge in [-0.15, -0.1) is 10.2 Å². The first kappa shape index (κ1) is 19.4. The van der Waals surface area contributed by atoms with Gasteiger partial charge >= 0.3 is 0 Å². The number of hydrogen-bond acceptors (Lipinski definition) is 6. The number of halogens is 1. The Balaban J connectivity index is 1.49. The molecule has 30 heavy (non-hydrogen) atoms. The van der Waals surface area contributed by atoms with Crippen molar-refractivity contribution >= 4 is 35.1 Å². The van der Waals surface area contributed by atoms with Crippen LogP contribution in [0, 0.1) is 13.8 Å². The van der Waals surface area contributed by atoms with Crippen LogP contribution in [-0.2, 0) is 5.75 Å². The molecule has 1 aromatic carbocycles. The summed E-state index contributed by atoms with van der Waals surface area (Å²) in [4.78, 5) is 11.5. The van der Waals surface area contributed by atoms with E-state index in [-0.39, 0.29) is 0 Å². The highest BCUT2D eigenvalue weighted by Crippen LogP contribution is 2.33. The second-order valence-corrected chi connectivity index (χ2v) is 8.84. The van der Waals surface area contributed by atoms with Crippen LogP contribution in [0.4, 0.5) is 5.95 Å². The molecule has 0 saturated carbocycles. The molecule has 1 aliphatic heterocycles. The Hall–Kier alpha value is -2.58. The molecule has 4 aromatic rings. The first-order valence-electron chi connectivity index (χ1n) is 10.0. The summed E-state index contributed by atoms with van der Waals surface area (Å²) in [6.45, 7) is 6.03. The highest BCUT2D eigenvalue weighted by atomic mass is 35.5. The molecule has 1 aliphatic rings. The first-order chi connectivity index (χ1) is 14.6. The van der Waals surface area contributed by atoms with E-state index in [1.165, 1.54) is 12.8 Å². The van der Waals surface area contributed by atoms with Crippen molar-refractivity contribution in [2.75, 3.05) is 18.0 Å². The van der Waals surface area contributed by atoms with Crippen LogP contribution in [0.25, 0.3) is 11.5 Å². The lowest BCUT2D eigenvalue weighted by molar-refractivity contribution is 0.841. The van der Waals surface area contributed by atoms with E-state index in [1.54, 1.807) is 11.8 Å². The van der Waals surface area contributed by atoms with E-state index in [9.17, 15) is 0 Å². The highest BCUT2D eigenvalue weighted by molar-refractivity contribution is 7.98. The molecule has 0 unspecified atom stereocenters. The Morgan fingerprint density at radius 3 is 2.67 bits per heavy atom. The van der Waals surface area contributed by atoms with E-state index in [0.717, 1.165) is 52.7 Å². The summed E-state index contributed by atoms with van der Waals surface area (Å²) in [6.07, 6.45) is 4.39. The van der Waals surface area contributed by atoms with Crippen molar-refractivity contribution in [2.45, 2.75) is 37.6 Å². The summed E-state index contributed by atoms with van der Waals surface area (Å²) >= 11 is 8.15. The van der Waals surface area contributed by atoms with Crippen molar-refractivity contribution in [3.8, 4) is 5.69 Å². The number of aryl methyl sites for hydroxylation is 2. The quantitative estimate of drug-likeness (QED) is 0.427. The molecule has 0 bridgehead atoms. The second kappa shape index (κ2) is 7.92. The summed E-state index contributed by atoms with van der Waals surface area (Å²) in [6, 6.07) is 9.89. The third kappa shape index (κ3) is 3.54. The molecule has 1 fully saturated rings. The lowest BCUT2D eigenvalue weighted by atomic mass is 10.3. The van der Waals surface area contributed by atoms with Gasteiger partial charge in [0.2, 0.25) is 11.7 Å². The maximum atomic E-state index is 6.54. The van der Waals surface area contributed by atoms with Crippen molar-refractivity contribution in [1.29, 1.82) is 0 Å². The zero-order valence-electron chi connectivity index (χ0n) is 16.9. The number of fused-ring (bicyclic) bond motifs is 1. The maximum absolute atomic E-state index is 6.54. The van der Waals surface area contributed by atoms with Crippen molar-refractivity contribution in [1.82, 2.24) is 29.1 Å². The van der Waals surface area contributed by atoms with E-state index in [0.29, 0.717) is 10.8 Å². The fraction of sp³-hybridized carbons (Fsp3) is 0.333. The summed E-state index contributed by atoms with van der Waals surface area (Å²) in [5.41, 5.74) is 3.95. The fourth-order valence-corrected chi connectivity index (χ4v) is 4.89. The van der Waals surface area contributed by atoms with Gasteiger partial charge in [-0.1, -0.05) is 35.5 Å². The average molecular weight is 440 g/mol. The minimum atomic E-state index is 0.671. The van der Waals surface area contributed by atoms with Gasteiger partial charge in [-0.25, -0.2) is 9.97 Å². The van der Waals surface area contributed by atoms with Gasteiger partial charge in [0.1, 0.15) is 0 Å². The molecule has 0 aliphatic carbocycles. The zero-order valence-corrected chi connectivity index (χ0v) is 18.5. The van der Waals surface area contributed by atoms with Crippen LogP contribution >= 0.6 is 23.4 Å². The van der Waals surface area contributed by atoms with E-state index in [4.69, 9.17) is 16.6 Å². The molecule has 4 heterocycles. The van der Waals surface area contributed by atoms with Gasteiger partial charge < -0.3 is 4.90 Å². The van der Waals surface area contributed by atoms with Gasteiger partial charge in [-0.3, -0.25) is 8.97 Å². The third-order valence-electron chi connectivity index (χ3n) is 5.26. The number of anilines is 1. The van der Waals surface area contributed by atoms with E-state index < -0.39 is 0 Å². The highest BCUT2D eigenvalue weighted by Gasteiger charge is 2.23. The van der Waals surface area contributed by atoms with Crippen molar-refractivity contribution in [3.63, 3.8) is 0 Å². The Kier molecular flexibility index (Phi) is 5.12. The van der Waals surface area contributed by atoms with Crippen molar-refractivity contribution in [3.05, 3.63) is 58.6 Å². The van der Waals surface area contributed by atoms with Gasteiger partial charge in [0.15, 0.2) is 5.16 Å². The predicted octanol–water partition coefficient (Wildman–Crippen LogP) is 4.47. The zero-order chi connectivity index (χ0) is 20.7. The van der Waals surface area contributed by atoms with Crippen LogP contribution in [0.2, 0.25) is 5.02 Å². The Bertz CT molecular complexity index is 1210. The first-order valence-corrected chi connectivity index (χ1v) is 11.4. The number of aromatic nitrogens is 6. The molecule has 0 atom stereocenters. The van der Waals surface area contributed by atoms with Crippen LogP contribution in [0.15, 0.2) is 41.7 Å². The minimum absolute atomic E-state index is 0.671. The lowest BCUT2D eigenvalue weighted by Crippen LogP contribution is -2.22. The molecular weight excluding hydrogens is 418 g/mol. The average Bonchev–Trinajstić information content (AvgIpc) is 3.46. The Morgan fingerprint density at radius 1 is 1.07 bits per heavy atom. The third-order valence-corrected chi connectivity index (χ3v) is 6.54. The summed E-state index contributed by atoms with van der Waals surface area (Å²) in [5, 5.41) is 10.5. The molecule has 3 aromatic heterocycles. The molecule has 9 heteroatoms. The molecule has 0 radical (unpaired) electrons. The van der Waals surface area contributed by atoms with Crippen molar-refractivity contribution < 1.29 is 0 Å². The molecule has 154 valence electrons. The summed E-state index contributed by atoms with van der Waals surface area (Å²) in [7, 11) is 0. The summed E-state index contributed by atoms with van der Waals surface area (Å²) < 4.78 is 4.10. The van der Waals surface area contributed by atoms with Gasteiger partial charge in [-0.2, -0.15) is 0 Å². The van der Waals surface area contributed by atoms with Crippen LogP contribution < -0.4 is 4.90 Å². The molecule has 7 nitrogen and oxygen atoms in total. The summed E-state index contributed by atoms with van der Waals surface area (Å²) in [5.74, 6) is 2.25. The Labute approximate surface area is 184 Å². The molecule has 1 saturated heterocycles. The van der Waals surface area contributed by atoms with E-state index in [1.807, 2.05) is 41.8 Å².